The van der Waals surface area contributed by atoms with Gasteiger partial charge < -0.3 is 9.73 Å². The lowest BCUT2D eigenvalue weighted by Crippen LogP contribution is -2.45. The number of rotatable bonds is 3. The van der Waals surface area contributed by atoms with Crippen LogP contribution in [0.4, 0.5) is 4.39 Å². The monoisotopic (exact) mass is 386 g/mol. The minimum absolute atomic E-state index is 0.151. The van der Waals surface area contributed by atoms with E-state index in [-0.39, 0.29) is 11.9 Å². The Morgan fingerprint density at radius 1 is 1.25 bits per heavy atom. The highest BCUT2D eigenvalue weighted by atomic mass is 127. The van der Waals surface area contributed by atoms with Crippen molar-refractivity contribution in [2.45, 2.75) is 6.04 Å². The smallest absolute Gasteiger partial charge is 0.128 e. The highest BCUT2D eigenvalue weighted by molar-refractivity contribution is 14.1. The van der Waals surface area contributed by atoms with Crippen molar-refractivity contribution in [2.75, 3.05) is 26.2 Å². The lowest BCUT2D eigenvalue weighted by atomic mass is 10.0. The Morgan fingerprint density at radius 3 is 2.75 bits per heavy atom. The van der Waals surface area contributed by atoms with E-state index in [1.165, 1.54) is 6.07 Å². The second-order valence-electron chi connectivity index (χ2n) is 4.87. The molecule has 3 nitrogen and oxygen atoms in total. The van der Waals surface area contributed by atoms with Crippen molar-refractivity contribution < 1.29 is 8.81 Å². The van der Waals surface area contributed by atoms with E-state index >= 15 is 0 Å². The van der Waals surface area contributed by atoms with Gasteiger partial charge in [-0.2, -0.15) is 0 Å². The van der Waals surface area contributed by atoms with Crippen molar-refractivity contribution in [1.29, 1.82) is 0 Å². The van der Waals surface area contributed by atoms with Crippen LogP contribution in [0.25, 0.3) is 0 Å². The predicted molar refractivity (Wildman–Crippen MR) is 84.1 cm³/mol. The lowest BCUT2D eigenvalue weighted by Gasteiger charge is -2.34. The fourth-order valence-corrected chi connectivity index (χ4v) is 3.16. The second kappa shape index (κ2) is 6.24. The van der Waals surface area contributed by atoms with Gasteiger partial charge in [0.1, 0.15) is 11.6 Å². The standard InChI is InChI=1S/C15H16FIN2O/c16-13-4-3-11(17)10-12(13)15(14-2-1-9-20-14)19-7-5-18-6-8-19/h1-4,9-10,15,18H,5-8H2/t15-/m1/s1. The van der Waals surface area contributed by atoms with Crippen molar-refractivity contribution in [1.82, 2.24) is 10.2 Å². The van der Waals surface area contributed by atoms with E-state index in [1.54, 1.807) is 12.3 Å². The maximum Gasteiger partial charge on any atom is 0.128 e. The molecule has 1 aliphatic rings. The van der Waals surface area contributed by atoms with E-state index in [4.69, 9.17) is 4.42 Å². The molecule has 1 aliphatic heterocycles. The predicted octanol–water partition coefficient (Wildman–Crippen LogP) is 3.02. The molecule has 3 rings (SSSR count). The Morgan fingerprint density at radius 2 is 2.05 bits per heavy atom. The van der Waals surface area contributed by atoms with Gasteiger partial charge in [0.15, 0.2) is 0 Å². The number of nitrogens with one attached hydrogen (secondary N) is 1. The normalized spacial score (nSPS) is 18.1. The Labute approximate surface area is 131 Å². The van der Waals surface area contributed by atoms with Crippen LogP contribution in [0, 0.1) is 9.39 Å². The number of piperazine rings is 1. The average molecular weight is 386 g/mol. The van der Waals surface area contributed by atoms with Crippen LogP contribution in [0.1, 0.15) is 17.4 Å². The van der Waals surface area contributed by atoms with Crippen molar-refractivity contribution in [2.24, 2.45) is 0 Å². The molecular weight excluding hydrogens is 370 g/mol. The highest BCUT2D eigenvalue weighted by Crippen LogP contribution is 2.31. The molecule has 1 fully saturated rings. The van der Waals surface area contributed by atoms with Gasteiger partial charge in [-0.3, -0.25) is 4.90 Å². The summed E-state index contributed by atoms with van der Waals surface area (Å²) in [6.07, 6.45) is 1.65. The summed E-state index contributed by atoms with van der Waals surface area (Å²) in [6, 6.07) is 8.86. The van der Waals surface area contributed by atoms with Crippen LogP contribution in [-0.4, -0.2) is 31.1 Å². The molecule has 1 aromatic heterocycles. The van der Waals surface area contributed by atoms with Gasteiger partial charge in [0.2, 0.25) is 0 Å². The van der Waals surface area contributed by atoms with Crippen molar-refractivity contribution in [3.63, 3.8) is 0 Å². The van der Waals surface area contributed by atoms with Gasteiger partial charge in [-0.15, -0.1) is 0 Å². The molecule has 0 unspecified atom stereocenters. The molecule has 0 radical (unpaired) electrons. The molecular formula is C15H16FIN2O. The van der Waals surface area contributed by atoms with Gasteiger partial charge in [0, 0.05) is 35.3 Å². The van der Waals surface area contributed by atoms with Gasteiger partial charge in [0.25, 0.3) is 0 Å². The third kappa shape index (κ3) is 2.89. The Hall–Kier alpha value is -0.920. The van der Waals surface area contributed by atoms with Gasteiger partial charge in [0.05, 0.1) is 12.3 Å². The number of nitrogens with zero attached hydrogens (tertiary/aromatic N) is 1. The van der Waals surface area contributed by atoms with E-state index in [1.807, 2.05) is 18.2 Å². The molecule has 2 heterocycles. The van der Waals surface area contributed by atoms with Crippen LogP contribution in [0.3, 0.4) is 0 Å². The molecule has 1 N–H and O–H groups in total. The van der Waals surface area contributed by atoms with Crippen molar-refractivity contribution >= 4 is 22.6 Å². The molecule has 1 aromatic carbocycles. The Balaban J connectivity index is 2.02. The number of hydrogen-bond acceptors (Lipinski definition) is 3. The number of hydrogen-bond donors (Lipinski definition) is 1. The highest BCUT2D eigenvalue weighted by Gasteiger charge is 2.28. The molecule has 1 saturated heterocycles. The fourth-order valence-electron chi connectivity index (χ4n) is 2.64. The molecule has 0 amide bonds. The van der Waals surface area contributed by atoms with Crippen molar-refractivity contribution in [3.8, 4) is 0 Å². The van der Waals surface area contributed by atoms with Crippen LogP contribution in [0.5, 0.6) is 0 Å². The SMILES string of the molecule is Fc1ccc(I)cc1[C@H](c1ccco1)N1CCNCC1. The molecule has 0 spiro atoms. The summed E-state index contributed by atoms with van der Waals surface area (Å²) in [5, 5.41) is 3.32. The molecule has 20 heavy (non-hydrogen) atoms. The van der Waals surface area contributed by atoms with Gasteiger partial charge in [-0.25, -0.2) is 4.39 Å². The summed E-state index contributed by atoms with van der Waals surface area (Å²) in [4.78, 5) is 2.27. The minimum atomic E-state index is -0.176. The Kier molecular flexibility index (Phi) is 4.38. The Bertz CT molecular complexity index is 567. The van der Waals surface area contributed by atoms with Crippen LogP contribution in [0.2, 0.25) is 0 Å². The van der Waals surface area contributed by atoms with Crippen molar-refractivity contribution in [3.05, 3.63) is 57.3 Å². The maximum atomic E-state index is 14.3. The zero-order valence-corrected chi connectivity index (χ0v) is 13.1. The van der Waals surface area contributed by atoms with E-state index in [2.05, 4.69) is 32.8 Å². The van der Waals surface area contributed by atoms with Gasteiger partial charge >= 0.3 is 0 Å². The summed E-state index contributed by atoms with van der Waals surface area (Å²) >= 11 is 2.22. The molecule has 1 atom stereocenters. The third-order valence-electron chi connectivity index (χ3n) is 3.58. The third-order valence-corrected chi connectivity index (χ3v) is 4.25. The number of halogens is 2. The molecule has 106 valence electrons. The lowest BCUT2D eigenvalue weighted by molar-refractivity contribution is 0.177. The topological polar surface area (TPSA) is 28.4 Å². The maximum absolute atomic E-state index is 14.3. The first-order valence-electron chi connectivity index (χ1n) is 6.69. The molecule has 0 aliphatic carbocycles. The largest absolute Gasteiger partial charge is 0.467 e. The minimum Gasteiger partial charge on any atom is -0.467 e. The van der Waals surface area contributed by atoms with E-state index < -0.39 is 0 Å². The average Bonchev–Trinajstić information content (AvgIpc) is 2.98. The van der Waals surface area contributed by atoms with E-state index in [9.17, 15) is 4.39 Å². The summed E-state index contributed by atoms with van der Waals surface area (Å²) in [6.45, 7) is 3.61. The second-order valence-corrected chi connectivity index (χ2v) is 6.12. The summed E-state index contributed by atoms with van der Waals surface area (Å²) in [5.74, 6) is 0.623. The zero-order chi connectivity index (χ0) is 13.9. The fraction of sp³-hybridized carbons (Fsp3) is 0.333. The zero-order valence-electron chi connectivity index (χ0n) is 11.0. The van der Waals surface area contributed by atoms with Gasteiger partial charge in [-0.05, 0) is 52.9 Å². The summed E-state index contributed by atoms with van der Waals surface area (Å²) in [7, 11) is 0. The van der Waals surface area contributed by atoms with E-state index in [0.717, 1.165) is 35.5 Å². The van der Waals surface area contributed by atoms with Crippen LogP contribution >= 0.6 is 22.6 Å². The molecule has 0 bridgehead atoms. The number of furan rings is 1. The molecule has 5 heteroatoms. The first kappa shape index (κ1) is 14.0. The summed E-state index contributed by atoms with van der Waals surface area (Å²) in [5.41, 5.74) is 0.689. The molecule has 2 aromatic rings. The van der Waals surface area contributed by atoms with Gasteiger partial charge in [-0.1, -0.05) is 0 Å². The molecule has 0 saturated carbocycles. The summed E-state index contributed by atoms with van der Waals surface area (Å²) < 4.78 is 20.9. The quantitative estimate of drug-likeness (QED) is 0.823. The first-order chi connectivity index (χ1) is 9.75. The van der Waals surface area contributed by atoms with Crippen LogP contribution in [-0.2, 0) is 0 Å². The van der Waals surface area contributed by atoms with Crippen LogP contribution in [0.15, 0.2) is 41.0 Å². The van der Waals surface area contributed by atoms with Crippen LogP contribution < -0.4 is 5.32 Å². The first-order valence-corrected chi connectivity index (χ1v) is 7.77. The van der Waals surface area contributed by atoms with E-state index in [0.29, 0.717) is 5.56 Å². The number of benzene rings is 1.